The molecule has 35 heavy (non-hydrogen) atoms. The highest BCUT2D eigenvalue weighted by Crippen LogP contribution is 2.31. The molecule has 1 aromatic carbocycles. The van der Waals surface area contributed by atoms with E-state index < -0.39 is 12.1 Å². The molecule has 3 heterocycles. The van der Waals surface area contributed by atoms with Gasteiger partial charge in [-0.3, -0.25) is 4.79 Å². The number of H-pyrrole nitrogens is 1. The van der Waals surface area contributed by atoms with Crippen LogP contribution in [0.4, 0.5) is 19.0 Å². The first-order chi connectivity index (χ1) is 16.6. The SMILES string of the molecule is NC1CCCC(Nc2ccc3cccc(-c4cc5c([nH]4)CCNC5=O)c3n2)C1.O=C(O)C(F)(F)F. The number of anilines is 1. The molecule has 2 aromatic heterocycles. The molecule has 8 nitrogen and oxygen atoms in total. The third-order valence-electron chi connectivity index (χ3n) is 6.12. The molecule has 1 fully saturated rings. The minimum atomic E-state index is -5.08. The number of nitrogens with one attached hydrogen (secondary N) is 3. The highest BCUT2D eigenvalue weighted by molar-refractivity contribution is 6.00. The summed E-state index contributed by atoms with van der Waals surface area (Å²) in [5.41, 5.74) is 10.8. The molecule has 3 aromatic rings. The maximum absolute atomic E-state index is 12.1. The molecule has 2 atom stereocenters. The van der Waals surface area contributed by atoms with Crippen LogP contribution in [0, 0.1) is 0 Å². The number of aromatic amines is 1. The number of carboxylic acids is 1. The first-order valence-electron chi connectivity index (χ1n) is 11.3. The zero-order valence-corrected chi connectivity index (χ0v) is 18.8. The van der Waals surface area contributed by atoms with E-state index in [1.807, 2.05) is 18.2 Å². The van der Waals surface area contributed by atoms with Gasteiger partial charge in [0.15, 0.2) is 0 Å². The number of amides is 1. The number of para-hydroxylation sites is 1. The van der Waals surface area contributed by atoms with Crippen LogP contribution in [0.3, 0.4) is 0 Å². The lowest BCUT2D eigenvalue weighted by atomic mass is 9.91. The summed E-state index contributed by atoms with van der Waals surface area (Å²) in [7, 11) is 0. The molecule has 186 valence electrons. The molecular formula is C24H26F3N5O3. The molecule has 6 N–H and O–H groups in total. The lowest BCUT2D eigenvalue weighted by Crippen LogP contribution is -2.35. The maximum Gasteiger partial charge on any atom is 0.490 e. The fraction of sp³-hybridized carbons (Fsp3) is 0.375. The Labute approximate surface area is 199 Å². The van der Waals surface area contributed by atoms with E-state index in [-0.39, 0.29) is 11.9 Å². The van der Waals surface area contributed by atoms with Gasteiger partial charge >= 0.3 is 12.1 Å². The molecule has 1 aliphatic carbocycles. The second-order valence-electron chi connectivity index (χ2n) is 8.73. The average Bonchev–Trinajstić information content (AvgIpc) is 3.24. The quantitative estimate of drug-likeness (QED) is 0.380. The molecule has 1 aliphatic heterocycles. The van der Waals surface area contributed by atoms with Crippen molar-refractivity contribution in [3.8, 4) is 11.3 Å². The van der Waals surface area contributed by atoms with Crippen molar-refractivity contribution >= 4 is 28.6 Å². The number of hydrogen-bond donors (Lipinski definition) is 5. The molecule has 0 bridgehead atoms. The number of nitrogens with two attached hydrogens (primary N) is 1. The predicted molar refractivity (Wildman–Crippen MR) is 125 cm³/mol. The number of carbonyl (C=O) groups excluding carboxylic acids is 1. The number of hydrogen-bond acceptors (Lipinski definition) is 5. The van der Waals surface area contributed by atoms with Crippen LogP contribution in [0.2, 0.25) is 0 Å². The molecule has 0 spiro atoms. The lowest BCUT2D eigenvalue weighted by Gasteiger charge is -2.27. The van der Waals surface area contributed by atoms with Crippen LogP contribution in [0.15, 0.2) is 36.4 Å². The number of aliphatic carboxylic acids is 1. The summed E-state index contributed by atoms with van der Waals surface area (Å²) in [6.07, 6.45) is 0.133. The van der Waals surface area contributed by atoms with E-state index in [9.17, 15) is 18.0 Å². The Balaban J connectivity index is 0.000000364. The highest BCUT2D eigenvalue weighted by atomic mass is 19.4. The largest absolute Gasteiger partial charge is 0.490 e. The van der Waals surface area contributed by atoms with E-state index >= 15 is 0 Å². The van der Waals surface area contributed by atoms with Gasteiger partial charge in [0.2, 0.25) is 0 Å². The monoisotopic (exact) mass is 489 g/mol. The van der Waals surface area contributed by atoms with E-state index in [1.54, 1.807) is 0 Å². The Hall–Kier alpha value is -3.60. The van der Waals surface area contributed by atoms with E-state index in [2.05, 4.69) is 33.8 Å². The number of carbonyl (C=O) groups is 2. The van der Waals surface area contributed by atoms with E-state index in [0.29, 0.717) is 12.6 Å². The molecule has 5 rings (SSSR count). The van der Waals surface area contributed by atoms with Gasteiger partial charge in [-0.25, -0.2) is 9.78 Å². The number of rotatable bonds is 3. The van der Waals surface area contributed by atoms with Gasteiger partial charge in [-0.2, -0.15) is 13.2 Å². The number of carboxylic acid groups (broad SMARTS) is 1. The fourth-order valence-electron chi connectivity index (χ4n) is 4.45. The molecule has 0 saturated heterocycles. The molecular weight excluding hydrogens is 463 g/mol. The normalized spacial score (nSPS) is 19.8. The maximum atomic E-state index is 12.1. The Morgan fingerprint density at radius 1 is 1.17 bits per heavy atom. The van der Waals surface area contributed by atoms with Crippen molar-refractivity contribution in [1.82, 2.24) is 15.3 Å². The standard InChI is InChI=1S/C22H25N5O.C2HF3O2/c23-14-4-2-5-15(11-14)25-20-8-7-13-3-1-6-16(21(13)27-20)19-12-17-18(26-19)9-10-24-22(17)28;3-2(4,5)1(6)7/h1,3,6-8,12,14-15,26H,2,4-5,9-11,23H2,(H,24,28)(H,25,27);(H,6,7). The van der Waals surface area contributed by atoms with Crippen LogP contribution in [-0.2, 0) is 11.2 Å². The lowest BCUT2D eigenvalue weighted by molar-refractivity contribution is -0.192. The first-order valence-corrected chi connectivity index (χ1v) is 11.3. The zero-order valence-electron chi connectivity index (χ0n) is 18.8. The van der Waals surface area contributed by atoms with Crippen molar-refractivity contribution in [2.24, 2.45) is 5.73 Å². The van der Waals surface area contributed by atoms with Crippen LogP contribution in [0.25, 0.3) is 22.2 Å². The van der Waals surface area contributed by atoms with Crippen LogP contribution >= 0.6 is 0 Å². The number of alkyl halides is 3. The van der Waals surface area contributed by atoms with E-state index in [1.165, 1.54) is 0 Å². The fourth-order valence-corrected chi connectivity index (χ4v) is 4.45. The van der Waals surface area contributed by atoms with Gasteiger partial charge in [-0.15, -0.1) is 0 Å². The van der Waals surface area contributed by atoms with Crippen molar-refractivity contribution in [3.05, 3.63) is 47.7 Å². The van der Waals surface area contributed by atoms with Crippen molar-refractivity contribution in [2.75, 3.05) is 11.9 Å². The summed E-state index contributed by atoms with van der Waals surface area (Å²) < 4.78 is 31.7. The number of halogens is 3. The number of fused-ring (bicyclic) bond motifs is 2. The first kappa shape index (κ1) is 24.5. The van der Waals surface area contributed by atoms with Gasteiger partial charge in [0.05, 0.1) is 11.1 Å². The zero-order chi connectivity index (χ0) is 25.2. The van der Waals surface area contributed by atoms with Crippen LogP contribution in [-0.4, -0.2) is 51.8 Å². The Morgan fingerprint density at radius 3 is 2.63 bits per heavy atom. The van der Waals surface area contributed by atoms with Gasteiger partial charge < -0.3 is 26.5 Å². The van der Waals surface area contributed by atoms with Crippen molar-refractivity contribution < 1.29 is 27.9 Å². The van der Waals surface area contributed by atoms with Gasteiger partial charge in [-0.1, -0.05) is 18.2 Å². The van der Waals surface area contributed by atoms with Crippen LogP contribution < -0.4 is 16.4 Å². The van der Waals surface area contributed by atoms with E-state index in [0.717, 1.165) is 71.3 Å². The van der Waals surface area contributed by atoms with E-state index in [4.69, 9.17) is 20.6 Å². The Bertz CT molecular complexity index is 1240. The summed E-state index contributed by atoms with van der Waals surface area (Å²) in [5, 5.41) is 14.7. The van der Waals surface area contributed by atoms with Crippen molar-refractivity contribution in [3.63, 3.8) is 0 Å². The summed E-state index contributed by atoms with van der Waals surface area (Å²) in [6, 6.07) is 12.9. The summed E-state index contributed by atoms with van der Waals surface area (Å²) in [4.78, 5) is 29.4. The molecule has 2 unspecified atom stereocenters. The second-order valence-corrected chi connectivity index (χ2v) is 8.73. The summed E-state index contributed by atoms with van der Waals surface area (Å²) >= 11 is 0. The van der Waals surface area contributed by atoms with Crippen LogP contribution in [0.1, 0.15) is 41.7 Å². The third kappa shape index (κ3) is 5.73. The molecule has 11 heteroatoms. The van der Waals surface area contributed by atoms with Gasteiger partial charge in [0.25, 0.3) is 5.91 Å². The number of aromatic nitrogens is 2. The smallest absolute Gasteiger partial charge is 0.475 e. The summed E-state index contributed by atoms with van der Waals surface area (Å²) in [6.45, 7) is 0.678. The molecule has 1 amide bonds. The highest BCUT2D eigenvalue weighted by Gasteiger charge is 2.38. The Kier molecular flexibility index (Phi) is 6.97. The minimum Gasteiger partial charge on any atom is -0.475 e. The minimum absolute atomic E-state index is 0.00654. The number of pyridine rings is 1. The van der Waals surface area contributed by atoms with Gasteiger partial charge in [0, 0.05) is 47.4 Å². The molecule has 2 aliphatic rings. The third-order valence-corrected chi connectivity index (χ3v) is 6.12. The summed E-state index contributed by atoms with van der Waals surface area (Å²) in [5.74, 6) is -1.88. The van der Waals surface area contributed by atoms with Gasteiger partial charge in [-0.05, 0) is 43.9 Å². The number of nitrogens with zero attached hydrogens (tertiary/aromatic N) is 1. The number of benzene rings is 1. The molecule has 1 saturated carbocycles. The van der Waals surface area contributed by atoms with Crippen molar-refractivity contribution in [1.29, 1.82) is 0 Å². The van der Waals surface area contributed by atoms with Crippen LogP contribution in [0.5, 0.6) is 0 Å². The molecule has 0 radical (unpaired) electrons. The average molecular weight is 489 g/mol. The Morgan fingerprint density at radius 2 is 1.94 bits per heavy atom. The van der Waals surface area contributed by atoms with Crippen molar-refractivity contribution in [2.45, 2.75) is 50.4 Å². The van der Waals surface area contributed by atoms with Gasteiger partial charge in [0.1, 0.15) is 5.82 Å². The topological polar surface area (TPSA) is 133 Å². The second kappa shape index (κ2) is 9.95. The predicted octanol–water partition coefficient (Wildman–Crippen LogP) is 3.83.